The Labute approximate surface area is 195 Å². The number of aromatic nitrogens is 1. The van der Waals surface area contributed by atoms with Crippen molar-refractivity contribution in [1.82, 2.24) is 20.1 Å². The molecule has 1 aromatic heterocycles. The fourth-order valence-corrected chi connectivity index (χ4v) is 3.74. The Morgan fingerprint density at radius 3 is 2.24 bits per heavy atom. The lowest BCUT2D eigenvalue weighted by atomic mass is 9.96. The Morgan fingerprint density at radius 1 is 1.00 bits per heavy atom. The second-order valence-electron chi connectivity index (χ2n) is 9.36. The van der Waals surface area contributed by atoms with Gasteiger partial charge in [-0.05, 0) is 75.9 Å². The number of rotatable bonds is 7. The zero-order valence-electron chi connectivity index (χ0n) is 19.7. The number of likely N-dealkylation sites (tertiary alicyclic amines) is 1. The van der Waals surface area contributed by atoms with Crippen LogP contribution in [-0.2, 0) is 9.53 Å². The van der Waals surface area contributed by atoms with Crippen LogP contribution in [0.4, 0.5) is 4.79 Å². The summed E-state index contributed by atoms with van der Waals surface area (Å²) >= 11 is 0. The average Bonchev–Trinajstić information content (AvgIpc) is 3.31. The molecule has 0 spiro atoms. The van der Waals surface area contributed by atoms with Crippen LogP contribution in [-0.4, -0.2) is 59.2 Å². The maximum Gasteiger partial charge on any atom is 0.407 e. The Kier molecular flexibility index (Phi) is 8.14. The van der Waals surface area contributed by atoms with Crippen molar-refractivity contribution in [3.8, 4) is 5.69 Å². The second kappa shape index (κ2) is 11.0. The Hall–Kier alpha value is -3.29. The number of hydrogen-bond acceptors (Lipinski definition) is 4. The van der Waals surface area contributed by atoms with E-state index in [0.29, 0.717) is 31.1 Å². The van der Waals surface area contributed by atoms with Gasteiger partial charge in [-0.3, -0.25) is 9.59 Å². The highest BCUT2D eigenvalue weighted by atomic mass is 16.6. The van der Waals surface area contributed by atoms with Crippen LogP contribution in [0, 0.1) is 5.92 Å². The first-order valence-corrected chi connectivity index (χ1v) is 11.5. The summed E-state index contributed by atoms with van der Waals surface area (Å²) in [5.41, 5.74) is 1.15. The molecule has 1 aliphatic rings. The summed E-state index contributed by atoms with van der Waals surface area (Å²) in [6, 6.07) is 11.6. The first-order valence-electron chi connectivity index (χ1n) is 11.5. The van der Waals surface area contributed by atoms with Crippen molar-refractivity contribution >= 4 is 17.9 Å². The molecule has 0 unspecified atom stereocenters. The van der Waals surface area contributed by atoms with Crippen LogP contribution in [0.2, 0.25) is 0 Å². The summed E-state index contributed by atoms with van der Waals surface area (Å²) in [5.74, 6) is 0.282. The molecule has 1 aromatic carbocycles. The largest absolute Gasteiger partial charge is 0.444 e. The fourth-order valence-electron chi connectivity index (χ4n) is 3.74. The SMILES string of the molecule is CC(C)(C)OC(=O)NCCC(=O)NCC1CCN(C(=O)c2ccc(-n3cccc3)cc2)CC1. The number of piperidine rings is 1. The van der Waals surface area contributed by atoms with Crippen LogP contribution in [0.1, 0.15) is 50.4 Å². The first-order chi connectivity index (χ1) is 15.7. The second-order valence-corrected chi connectivity index (χ2v) is 9.36. The molecule has 1 fully saturated rings. The monoisotopic (exact) mass is 454 g/mol. The number of hydrogen-bond donors (Lipinski definition) is 2. The van der Waals surface area contributed by atoms with Gasteiger partial charge in [0.1, 0.15) is 5.60 Å². The molecule has 2 N–H and O–H groups in total. The van der Waals surface area contributed by atoms with E-state index < -0.39 is 11.7 Å². The average molecular weight is 455 g/mol. The summed E-state index contributed by atoms with van der Waals surface area (Å²) in [6.45, 7) is 7.55. The summed E-state index contributed by atoms with van der Waals surface area (Å²) in [5, 5.41) is 5.52. The van der Waals surface area contributed by atoms with Crippen LogP contribution < -0.4 is 10.6 Å². The van der Waals surface area contributed by atoms with E-state index in [-0.39, 0.29) is 24.8 Å². The number of nitrogens with one attached hydrogen (secondary N) is 2. The van der Waals surface area contributed by atoms with Gasteiger partial charge in [-0.25, -0.2) is 4.79 Å². The maximum atomic E-state index is 12.8. The molecule has 2 heterocycles. The first kappa shape index (κ1) is 24.4. The Morgan fingerprint density at radius 2 is 1.64 bits per heavy atom. The molecule has 0 atom stereocenters. The summed E-state index contributed by atoms with van der Waals surface area (Å²) in [6.07, 6.45) is 5.32. The Balaban J connectivity index is 1.34. The third-order valence-corrected chi connectivity index (χ3v) is 5.53. The van der Waals surface area contributed by atoms with Crippen molar-refractivity contribution in [3.63, 3.8) is 0 Å². The van der Waals surface area contributed by atoms with Gasteiger partial charge in [-0.1, -0.05) is 0 Å². The van der Waals surface area contributed by atoms with E-state index in [1.54, 1.807) is 20.8 Å². The van der Waals surface area contributed by atoms with Gasteiger partial charge in [0.2, 0.25) is 5.91 Å². The van der Waals surface area contributed by atoms with Gasteiger partial charge in [0.05, 0.1) is 0 Å². The van der Waals surface area contributed by atoms with E-state index in [1.807, 2.05) is 58.3 Å². The molecule has 8 nitrogen and oxygen atoms in total. The van der Waals surface area contributed by atoms with Gasteiger partial charge in [0, 0.05) is 56.2 Å². The van der Waals surface area contributed by atoms with Crippen LogP contribution in [0.25, 0.3) is 5.69 Å². The minimum Gasteiger partial charge on any atom is -0.444 e. The van der Waals surface area contributed by atoms with E-state index in [4.69, 9.17) is 4.74 Å². The minimum absolute atomic E-state index is 0.0461. The van der Waals surface area contributed by atoms with Crippen molar-refractivity contribution < 1.29 is 19.1 Å². The number of nitrogens with zero attached hydrogens (tertiary/aromatic N) is 2. The van der Waals surface area contributed by atoms with Crippen molar-refractivity contribution in [3.05, 3.63) is 54.4 Å². The lowest BCUT2D eigenvalue weighted by molar-refractivity contribution is -0.121. The fraction of sp³-hybridized carbons (Fsp3) is 0.480. The summed E-state index contributed by atoms with van der Waals surface area (Å²) in [4.78, 5) is 38.4. The highest BCUT2D eigenvalue weighted by Crippen LogP contribution is 2.19. The smallest absolute Gasteiger partial charge is 0.407 e. The molecule has 178 valence electrons. The molecule has 3 amide bonds. The van der Waals surface area contributed by atoms with E-state index in [2.05, 4.69) is 10.6 Å². The van der Waals surface area contributed by atoms with Gasteiger partial charge >= 0.3 is 6.09 Å². The Bertz CT molecular complexity index is 924. The molecular weight excluding hydrogens is 420 g/mol. The number of carbonyl (C=O) groups excluding carboxylic acids is 3. The van der Waals surface area contributed by atoms with Gasteiger partial charge < -0.3 is 24.8 Å². The van der Waals surface area contributed by atoms with E-state index >= 15 is 0 Å². The maximum absolute atomic E-state index is 12.8. The molecule has 3 rings (SSSR count). The number of alkyl carbamates (subject to hydrolysis) is 1. The van der Waals surface area contributed by atoms with Crippen molar-refractivity contribution in [2.24, 2.45) is 5.92 Å². The third kappa shape index (κ3) is 7.66. The lowest BCUT2D eigenvalue weighted by Crippen LogP contribution is -2.42. The molecule has 33 heavy (non-hydrogen) atoms. The summed E-state index contributed by atoms with van der Waals surface area (Å²) < 4.78 is 7.15. The lowest BCUT2D eigenvalue weighted by Gasteiger charge is -2.32. The molecular formula is C25H34N4O4. The van der Waals surface area contributed by atoms with E-state index in [1.165, 1.54) is 0 Å². The molecule has 0 radical (unpaired) electrons. The minimum atomic E-state index is -0.561. The van der Waals surface area contributed by atoms with Crippen molar-refractivity contribution in [2.75, 3.05) is 26.2 Å². The molecule has 0 bridgehead atoms. The van der Waals surface area contributed by atoms with Gasteiger partial charge in [-0.15, -0.1) is 0 Å². The van der Waals surface area contributed by atoms with Gasteiger partial charge in [-0.2, -0.15) is 0 Å². The number of benzene rings is 1. The van der Waals surface area contributed by atoms with Gasteiger partial charge in [0.25, 0.3) is 5.91 Å². The molecule has 8 heteroatoms. The molecule has 1 saturated heterocycles. The summed E-state index contributed by atoms with van der Waals surface area (Å²) in [7, 11) is 0. The zero-order valence-corrected chi connectivity index (χ0v) is 19.7. The molecule has 2 aromatic rings. The topological polar surface area (TPSA) is 92.7 Å². The molecule has 0 aliphatic carbocycles. The van der Waals surface area contributed by atoms with Gasteiger partial charge in [0.15, 0.2) is 0 Å². The predicted molar refractivity (Wildman–Crippen MR) is 126 cm³/mol. The highest BCUT2D eigenvalue weighted by molar-refractivity contribution is 5.94. The highest BCUT2D eigenvalue weighted by Gasteiger charge is 2.24. The van der Waals surface area contributed by atoms with Crippen LogP contribution >= 0.6 is 0 Å². The van der Waals surface area contributed by atoms with Crippen LogP contribution in [0.15, 0.2) is 48.8 Å². The van der Waals surface area contributed by atoms with Crippen molar-refractivity contribution in [2.45, 2.75) is 45.6 Å². The third-order valence-electron chi connectivity index (χ3n) is 5.53. The molecule has 0 saturated carbocycles. The van der Waals surface area contributed by atoms with E-state index in [9.17, 15) is 14.4 Å². The number of carbonyl (C=O) groups is 3. The van der Waals surface area contributed by atoms with Crippen molar-refractivity contribution in [1.29, 1.82) is 0 Å². The normalized spacial score (nSPS) is 14.6. The molecule has 1 aliphatic heterocycles. The predicted octanol–water partition coefficient (Wildman–Crippen LogP) is 3.36. The quantitative estimate of drug-likeness (QED) is 0.671. The van der Waals surface area contributed by atoms with Crippen LogP contribution in [0.3, 0.4) is 0 Å². The van der Waals surface area contributed by atoms with E-state index in [0.717, 1.165) is 18.5 Å². The number of amides is 3. The number of ether oxygens (including phenoxy) is 1. The standard InChI is InChI=1S/C25H34N4O4/c1-25(2,3)33-24(32)26-13-10-22(30)27-18-19-11-16-29(17-12-19)23(31)20-6-8-21(9-7-20)28-14-4-5-15-28/h4-9,14-15,19H,10-13,16-18H2,1-3H3,(H,26,32)(H,27,30). The van der Waals surface area contributed by atoms with Crippen LogP contribution in [0.5, 0.6) is 0 Å². The zero-order chi connectivity index (χ0) is 23.8.